The third-order valence-electron chi connectivity index (χ3n) is 2.57. The van der Waals surface area contributed by atoms with E-state index in [1.807, 2.05) is 13.8 Å². The molecule has 1 rings (SSSR count). The molecule has 2 atom stereocenters. The second-order valence-electron chi connectivity index (χ2n) is 5.32. The summed E-state index contributed by atoms with van der Waals surface area (Å²) in [5.41, 5.74) is 6.13. The summed E-state index contributed by atoms with van der Waals surface area (Å²) in [6, 6.07) is -1.09. The van der Waals surface area contributed by atoms with Gasteiger partial charge >= 0.3 is 5.97 Å². The summed E-state index contributed by atoms with van der Waals surface area (Å²) < 4.78 is 6.89. The van der Waals surface area contributed by atoms with Gasteiger partial charge in [-0.15, -0.1) is 0 Å². The lowest BCUT2D eigenvalue weighted by atomic mass is 10.1. The fourth-order valence-electron chi connectivity index (χ4n) is 1.53. The van der Waals surface area contributed by atoms with Gasteiger partial charge in [0.05, 0.1) is 23.0 Å². The molecule has 1 aromatic heterocycles. The molecule has 0 aliphatic heterocycles. The Hall–Kier alpha value is -1.07. The molecule has 0 radical (unpaired) electrons. The van der Waals surface area contributed by atoms with Gasteiger partial charge in [-0.25, -0.2) is 0 Å². The number of esters is 1. The van der Waals surface area contributed by atoms with Gasteiger partial charge in [0, 0.05) is 0 Å². The third-order valence-corrected chi connectivity index (χ3v) is 2.94. The van der Waals surface area contributed by atoms with Crippen molar-refractivity contribution in [2.75, 3.05) is 0 Å². The largest absolute Gasteiger partial charge is 0.459 e. The van der Waals surface area contributed by atoms with Crippen LogP contribution in [0.3, 0.4) is 0 Å². The minimum absolute atomic E-state index is 0.313. The quantitative estimate of drug-likeness (QED) is 0.856. The molecule has 0 bridgehead atoms. The van der Waals surface area contributed by atoms with E-state index in [4.69, 9.17) is 22.1 Å². The van der Waals surface area contributed by atoms with Crippen molar-refractivity contribution in [2.24, 2.45) is 5.73 Å². The topological polar surface area (TPSA) is 70.1 Å². The summed E-state index contributed by atoms with van der Waals surface area (Å²) in [7, 11) is 0. The Bertz CT molecular complexity index is 437. The fraction of sp³-hybridized carbons (Fsp3) is 0.667. The number of hydrogen-bond donors (Lipinski definition) is 1. The number of ether oxygens (including phenoxy) is 1. The van der Waals surface area contributed by atoms with Crippen LogP contribution in [0.15, 0.2) is 6.20 Å². The summed E-state index contributed by atoms with van der Waals surface area (Å²) in [6.07, 6.45) is 1.54. The zero-order chi connectivity index (χ0) is 14.1. The van der Waals surface area contributed by atoms with Gasteiger partial charge in [-0.1, -0.05) is 11.6 Å². The first kappa shape index (κ1) is 15.0. The molecule has 1 aromatic rings. The lowest BCUT2D eigenvalue weighted by Gasteiger charge is -2.25. The van der Waals surface area contributed by atoms with Crippen molar-refractivity contribution < 1.29 is 9.53 Å². The smallest absolute Gasteiger partial charge is 0.325 e. The van der Waals surface area contributed by atoms with Crippen LogP contribution in [0, 0.1) is 6.92 Å². The number of nitrogens with two attached hydrogens (primary N) is 1. The van der Waals surface area contributed by atoms with Crippen molar-refractivity contribution in [2.45, 2.75) is 52.3 Å². The van der Waals surface area contributed by atoms with Gasteiger partial charge in [-0.3, -0.25) is 9.48 Å². The van der Waals surface area contributed by atoms with Crippen LogP contribution < -0.4 is 5.73 Å². The summed E-state index contributed by atoms with van der Waals surface area (Å²) in [5.74, 6) is -0.443. The van der Waals surface area contributed by atoms with Gasteiger partial charge in [0.1, 0.15) is 11.6 Å². The predicted octanol–water partition coefficient (Wildman–Crippen LogP) is 2.07. The number of carbonyl (C=O) groups excluding carboxylic acids is 1. The maximum Gasteiger partial charge on any atom is 0.325 e. The number of rotatable bonds is 3. The first-order chi connectivity index (χ1) is 8.13. The fourth-order valence-corrected chi connectivity index (χ4v) is 1.66. The standard InChI is InChI=1S/C12H20ClN3O2/c1-7-9(13)6-15-16(7)8(2)10(14)11(17)18-12(3,4)5/h6,8,10H,14H2,1-5H3. The van der Waals surface area contributed by atoms with Crippen molar-refractivity contribution >= 4 is 17.6 Å². The number of halogens is 1. The van der Waals surface area contributed by atoms with Crippen LogP contribution in [-0.2, 0) is 9.53 Å². The van der Waals surface area contributed by atoms with E-state index in [1.165, 1.54) is 6.20 Å². The van der Waals surface area contributed by atoms with Gasteiger partial charge in [0.2, 0.25) is 0 Å². The Morgan fingerprint density at radius 1 is 1.56 bits per heavy atom. The van der Waals surface area contributed by atoms with Crippen LogP contribution in [-0.4, -0.2) is 27.4 Å². The van der Waals surface area contributed by atoms with Crippen LogP contribution in [0.25, 0.3) is 0 Å². The normalized spacial score (nSPS) is 15.3. The molecule has 0 spiro atoms. The molecule has 5 nitrogen and oxygen atoms in total. The molecule has 18 heavy (non-hydrogen) atoms. The Morgan fingerprint density at radius 2 is 2.11 bits per heavy atom. The van der Waals surface area contributed by atoms with E-state index in [1.54, 1.807) is 25.5 Å². The third kappa shape index (κ3) is 3.46. The maximum absolute atomic E-state index is 11.9. The zero-order valence-electron chi connectivity index (χ0n) is 11.4. The lowest BCUT2D eigenvalue weighted by Crippen LogP contribution is -2.43. The molecule has 6 heteroatoms. The van der Waals surface area contributed by atoms with Gasteiger partial charge in [0.15, 0.2) is 0 Å². The summed E-state index contributed by atoms with van der Waals surface area (Å²) in [4.78, 5) is 11.9. The van der Waals surface area contributed by atoms with Crippen LogP contribution in [0.1, 0.15) is 39.4 Å². The molecule has 0 saturated carbocycles. The minimum atomic E-state index is -0.779. The number of hydrogen-bond acceptors (Lipinski definition) is 4. The number of nitrogens with zero attached hydrogens (tertiary/aromatic N) is 2. The monoisotopic (exact) mass is 273 g/mol. The van der Waals surface area contributed by atoms with Crippen LogP contribution in [0.4, 0.5) is 0 Å². The highest BCUT2D eigenvalue weighted by Crippen LogP contribution is 2.20. The Labute approximate surface area is 112 Å². The first-order valence-corrected chi connectivity index (χ1v) is 6.19. The van der Waals surface area contributed by atoms with Gasteiger partial charge < -0.3 is 10.5 Å². The molecule has 1 heterocycles. The Balaban J connectivity index is 2.81. The average Bonchev–Trinajstić information content (AvgIpc) is 2.55. The van der Waals surface area contributed by atoms with E-state index in [0.717, 1.165) is 5.69 Å². The van der Waals surface area contributed by atoms with E-state index in [9.17, 15) is 4.79 Å². The molecular weight excluding hydrogens is 254 g/mol. The molecule has 0 amide bonds. The van der Waals surface area contributed by atoms with E-state index in [0.29, 0.717) is 5.02 Å². The zero-order valence-corrected chi connectivity index (χ0v) is 12.2. The van der Waals surface area contributed by atoms with Crippen LogP contribution >= 0.6 is 11.6 Å². The molecule has 0 aliphatic carbocycles. The summed E-state index contributed by atoms with van der Waals surface area (Å²) >= 11 is 5.92. The van der Waals surface area contributed by atoms with Gasteiger partial charge in [0.25, 0.3) is 0 Å². The molecule has 2 N–H and O–H groups in total. The minimum Gasteiger partial charge on any atom is -0.459 e. The van der Waals surface area contributed by atoms with E-state index >= 15 is 0 Å². The van der Waals surface area contributed by atoms with Crippen molar-refractivity contribution in [3.63, 3.8) is 0 Å². The second kappa shape index (κ2) is 5.28. The molecule has 0 aromatic carbocycles. The summed E-state index contributed by atoms with van der Waals surface area (Å²) in [6.45, 7) is 9.05. The SMILES string of the molecule is Cc1c(Cl)cnn1C(C)C(N)C(=O)OC(C)(C)C. The van der Waals surface area contributed by atoms with Crippen LogP contribution in [0.2, 0.25) is 5.02 Å². The summed E-state index contributed by atoms with van der Waals surface area (Å²) in [5, 5.41) is 4.67. The molecule has 0 saturated heterocycles. The average molecular weight is 274 g/mol. The molecule has 102 valence electrons. The van der Waals surface area contributed by atoms with Crippen molar-refractivity contribution in [3.05, 3.63) is 16.9 Å². The maximum atomic E-state index is 11.9. The number of aromatic nitrogens is 2. The Morgan fingerprint density at radius 3 is 2.50 bits per heavy atom. The van der Waals surface area contributed by atoms with Crippen molar-refractivity contribution in [3.8, 4) is 0 Å². The van der Waals surface area contributed by atoms with Gasteiger partial charge in [-0.2, -0.15) is 5.10 Å². The lowest BCUT2D eigenvalue weighted by molar-refractivity contribution is -0.157. The first-order valence-electron chi connectivity index (χ1n) is 5.81. The van der Waals surface area contributed by atoms with Crippen molar-refractivity contribution in [1.82, 2.24) is 9.78 Å². The van der Waals surface area contributed by atoms with Gasteiger partial charge in [-0.05, 0) is 34.6 Å². The highest BCUT2D eigenvalue weighted by molar-refractivity contribution is 6.31. The highest BCUT2D eigenvalue weighted by Gasteiger charge is 2.28. The Kier molecular flexibility index (Phi) is 4.40. The molecule has 0 fully saturated rings. The predicted molar refractivity (Wildman–Crippen MR) is 70.5 cm³/mol. The van der Waals surface area contributed by atoms with Crippen LogP contribution in [0.5, 0.6) is 0 Å². The van der Waals surface area contributed by atoms with E-state index < -0.39 is 17.6 Å². The second-order valence-corrected chi connectivity index (χ2v) is 5.73. The van der Waals surface area contributed by atoms with E-state index in [-0.39, 0.29) is 6.04 Å². The highest BCUT2D eigenvalue weighted by atomic mass is 35.5. The molecule has 0 aliphatic rings. The molecule has 2 unspecified atom stereocenters. The molecular formula is C12H20ClN3O2. The van der Waals surface area contributed by atoms with E-state index in [2.05, 4.69) is 5.10 Å². The number of carbonyl (C=O) groups is 1. The van der Waals surface area contributed by atoms with Crippen molar-refractivity contribution in [1.29, 1.82) is 0 Å².